The highest BCUT2D eigenvalue weighted by atomic mass is 16.6. The van der Waals surface area contributed by atoms with Gasteiger partial charge in [0.05, 0.1) is 12.2 Å². The second-order valence-electron chi connectivity index (χ2n) is 5.12. The number of hydrogen-bond donors (Lipinski definition) is 1. The first-order valence-corrected chi connectivity index (χ1v) is 6.90. The van der Waals surface area contributed by atoms with Gasteiger partial charge in [-0.1, -0.05) is 6.58 Å². The maximum Gasteiger partial charge on any atom is 0.414 e. The van der Waals surface area contributed by atoms with Gasteiger partial charge in [0.1, 0.15) is 19.3 Å². The van der Waals surface area contributed by atoms with E-state index in [9.17, 15) is 9.59 Å². The highest BCUT2D eigenvalue weighted by Gasteiger charge is 2.33. The fraction of sp³-hybridized carbons (Fsp3) is 0.333. The quantitative estimate of drug-likeness (QED) is 0.844. The molecule has 3 rings (SSSR count). The maximum atomic E-state index is 12.0. The molecule has 7 heteroatoms. The van der Waals surface area contributed by atoms with Crippen LogP contribution >= 0.6 is 0 Å². The van der Waals surface area contributed by atoms with E-state index in [0.29, 0.717) is 36.9 Å². The predicted octanol–water partition coefficient (Wildman–Crippen LogP) is 1.21. The number of ether oxygens (including phenoxy) is 3. The van der Waals surface area contributed by atoms with Gasteiger partial charge >= 0.3 is 6.09 Å². The van der Waals surface area contributed by atoms with E-state index in [4.69, 9.17) is 19.9 Å². The Kier molecular flexibility index (Phi) is 3.62. The Hall–Kier alpha value is -2.70. The normalized spacial score (nSPS) is 19.7. The summed E-state index contributed by atoms with van der Waals surface area (Å²) in [6.45, 7) is 4.88. The van der Waals surface area contributed by atoms with Crippen molar-refractivity contribution in [2.24, 2.45) is 5.73 Å². The van der Waals surface area contributed by atoms with Crippen molar-refractivity contribution in [3.05, 3.63) is 30.4 Å². The van der Waals surface area contributed by atoms with Crippen molar-refractivity contribution in [2.45, 2.75) is 12.5 Å². The molecule has 116 valence electrons. The van der Waals surface area contributed by atoms with Crippen molar-refractivity contribution >= 4 is 17.7 Å². The first-order valence-electron chi connectivity index (χ1n) is 6.90. The smallest absolute Gasteiger partial charge is 0.414 e. The summed E-state index contributed by atoms with van der Waals surface area (Å²) in [5, 5.41) is 0. The lowest BCUT2D eigenvalue weighted by Crippen LogP contribution is -2.25. The molecule has 0 aromatic heterocycles. The molecular weight excluding hydrogens is 288 g/mol. The van der Waals surface area contributed by atoms with Crippen LogP contribution in [0.1, 0.15) is 6.42 Å². The van der Waals surface area contributed by atoms with E-state index in [1.807, 2.05) is 0 Å². The number of nitrogens with two attached hydrogens (primary N) is 1. The van der Waals surface area contributed by atoms with Crippen molar-refractivity contribution in [3.8, 4) is 11.5 Å². The SMILES string of the molecule is C=C(C[C@@H]1CN(c2ccc3c(c2)OCCO3)C(=O)O1)C(N)=O. The lowest BCUT2D eigenvalue weighted by molar-refractivity contribution is -0.114. The molecular formula is C15H16N2O5. The topological polar surface area (TPSA) is 91.1 Å². The van der Waals surface area contributed by atoms with E-state index >= 15 is 0 Å². The molecule has 1 aromatic carbocycles. The van der Waals surface area contributed by atoms with Crippen LogP contribution in [0.3, 0.4) is 0 Å². The van der Waals surface area contributed by atoms with E-state index < -0.39 is 18.1 Å². The van der Waals surface area contributed by atoms with Gasteiger partial charge in [0.15, 0.2) is 11.5 Å². The minimum atomic E-state index is -0.589. The van der Waals surface area contributed by atoms with Crippen molar-refractivity contribution < 1.29 is 23.8 Å². The monoisotopic (exact) mass is 304 g/mol. The van der Waals surface area contributed by atoms with Gasteiger partial charge in [0.2, 0.25) is 5.91 Å². The van der Waals surface area contributed by atoms with Crippen LogP contribution in [-0.4, -0.2) is 37.9 Å². The van der Waals surface area contributed by atoms with Crippen LogP contribution in [0.2, 0.25) is 0 Å². The zero-order valence-electron chi connectivity index (χ0n) is 11.9. The summed E-state index contributed by atoms with van der Waals surface area (Å²) < 4.78 is 16.2. The molecule has 22 heavy (non-hydrogen) atoms. The van der Waals surface area contributed by atoms with Gasteiger partial charge in [-0.05, 0) is 12.1 Å². The van der Waals surface area contributed by atoms with Crippen LogP contribution in [0.4, 0.5) is 10.5 Å². The first kappa shape index (κ1) is 14.2. The average molecular weight is 304 g/mol. The Labute approximate surface area is 127 Å². The molecule has 0 radical (unpaired) electrons. The van der Waals surface area contributed by atoms with Gasteiger partial charge in [-0.15, -0.1) is 0 Å². The zero-order chi connectivity index (χ0) is 15.7. The third-order valence-corrected chi connectivity index (χ3v) is 3.53. The summed E-state index contributed by atoms with van der Waals surface area (Å²) in [6, 6.07) is 5.26. The number of hydrogen-bond acceptors (Lipinski definition) is 5. The number of cyclic esters (lactones) is 1. The molecule has 2 aliphatic heterocycles. The van der Waals surface area contributed by atoms with Gasteiger partial charge in [-0.25, -0.2) is 4.79 Å². The Morgan fingerprint density at radius 2 is 2.05 bits per heavy atom. The number of amides is 2. The molecule has 0 saturated carbocycles. The number of carbonyl (C=O) groups is 2. The Balaban J connectivity index is 1.74. The van der Waals surface area contributed by atoms with Gasteiger partial charge in [0.25, 0.3) is 0 Å². The third kappa shape index (κ3) is 2.69. The van der Waals surface area contributed by atoms with Crippen LogP contribution in [0, 0.1) is 0 Å². The fourth-order valence-electron chi connectivity index (χ4n) is 2.41. The van der Waals surface area contributed by atoms with Gasteiger partial charge in [0, 0.05) is 18.1 Å². The molecule has 2 heterocycles. The number of anilines is 1. The van der Waals surface area contributed by atoms with E-state index in [1.54, 1.807) is 18.2 Å². The summed E-state index contributed by atoms with van der Waals surface area (Å²) in [6.07, 6.45) is -0.693. The van der Waals surface area contributed by atoms with Crippen molar-refractivity contribution in [2.75, 3.05) is 24.7 Å². The highest BCUT2D eigenvalue weighted by molar-refractivity contribution is 5.92. The molecule has 0 aliphatic carbocycles. The van der Waals surface area contributed by atoms with Crippen LogP contribution in [-0.2, 0) is 9.53 Å². The van der Waals surface area contributed by atoms with Crippen molar-refractivity contribution in [1.82, 2.24) is 0 Å². The number of carbonyl (C=O) groups excluding carboxylic acids is 2. The first-order chi connectivity index (χ1) is 10.5. The largest absolute Gasteiger partial charge is 0.486 e. The molecule has 1 atom stereocenters. The minimum absolute atomic E-state index is 0.224. The predicted molar refractivity (Wildman–Crippen MR) is 78.0 cm³/mol. The fourth-order valence-corrected chi connectivity index (χ4v) is 2.41. The molecule has 1 saturated heterocycles. The van der Waals surface area contributed by atoms with Crippen molar-refractivity contribution in [3.63, 3.8) is 0 Å². The lowest BCUT2D eigenvalue weighted by atomic mass is 10.1. The molecule has 2 amide bonds. The van der Waals surface area contributed by atoms with Crippen LogP contribution in [0.5, 0.6) is 11.5 Å². The van der Waals surface area contributed by atoms with E-state index in [0.717, 1.165) is 0 Å². The third-order valence-electron chi connectivity index (χ3n) is 3.53. The maximum absolute atomic E-state index is 12.0. The Morgan fingerprint density at radius 1 is 1.32 bits per heavy atom. The summed E-state index contributed by atoms with van der Waals surface area (Å²) in [5.41, 5.74) is 6.04. The second-order valence-corrected chi connectivity index (χ2v) is 5.12. The second kappa shape index (κ2) is 5.59. The number of benzene rings is 1. The van der Waals surface area contributed by atoms with E-state index in [1.165, 1.54) is 4.90 Å². The van der Waals surface area contributed by atoms with E-state index in [2.05, 4.69) is 6.58 Å². The summed E-state index contributed by atoms with van der Waals surface area (Å²) in [5.74, 6) is 0.664. The number of nitrogens with zero attached hydrogens (tertiary/aromatic N) is 1. The summed E-state index contributed by atoms with van der Waals surface area (Å²) in [7, 11) is 0. The van der Waals surface area contributed by atoms with Crippen LogP contribution in [0.25, 0.3) is 0 Å². The molecule has 1 fully saturated rings. The molecule has 0 bridgehead atoms. The average Bonchev–Trinajstić information content (AvgIpc) is 2.87. The van der Waals surface area contributed by atoms with Crippen LogP contribution < -0.4 is 20.1 Å². The van der Waals surface area contributed by atoms with Crippen LogP contribution in [0.15, 0.2) is 30.4 Å². The minimum Gasteiger partial charge on any atom is -0.486 e. The summed E-state index contributed by atoms with van der Waals surface area (Å²) in [4.78, 5) is 24.5. The highest BCUT2D eigenvalue weighted by Crippen LogP contribution is 2.35. The number of rotatable bonds is 4. The Morgan fingerprint density at radius 3 is 2.77 bits per heavy atom. The number of primary amides is 1. The van der Waals surface area contributed by atoms with E-state index in [-0.39, 0.29) is 12.0 Å². The zero-order valence-corrected chi connectivity index (χ0v) is 11.9. The van der Waals surface area contributed by atoms with Crippen molar-refractivity contribution in [1.29, 1.82) is 0 Å². The molecule has 0 spiro atoms. The molecule has 2 aliphatic rings. The van der Waals surface area contributed by atoms with Gasteiger partial charge < -0.3 is 19.9 Å². The molecule has 7 nitrogen and oxygen atoms in total. The number of fused-ring (bicyclic) bond motifs is 1. The molecule has 1 aromatic rings. The molecule has 0 unspecified atom stereocenters. The lowest BCUT2D eigenvalue weighted by Gasteiger charge is -2.21. The summed E-state index contributed by atoms with van der Waals surface area (Å²) >= 11 is 0. The molecule has 2 N–H and O–H groups in total. The van der Waals surface area contributed by atoms with Gasteiger partial charge in [-0.2, -0.15) is 0 Å². The standard InChI is InChI=1S/C15H16N2O5/c1-9(14(16)18)6-11-8-17(15(19)22-11)10-2-3-12-13(7-10)21-5-4-20-12/h2-3,7,11H,1,4-6,8H2,(H2,16,18)/t11-/m1/s1. The van der Waals surface area contributed by atoms with Gasteiger partial charge in [-0.3, -0.25) is 9.69 Å². The Bertz CT molecular complexity index is 643.